The van der Waals surface area contributed by atoms with Crippen LogP contribution in [0.1, 0.15) is 37.3 Å². The third kappa shape index (κ3) is 5.44. The van der Waals surface area contributed by atoms with Gasteiger partial charge in [-0.1, -0.05) is 37.2 Å². The van der Waals surface area contributed by atoms with Gasteiger partial charge in [-0.05, 0) is 23.1 Å². The standard InChI is InChI=1S/C20H20F3N3O2S/c1-19(2,14-4-3-5-15(10-14)20(21,22)23)12-24-16(27)6-7-17-25-18(26-28-17)13-8-9-29-11-13/h3-5,8-11H,6-7,12H2,1-2H3,(H,24,27). The maximum absolute atomic E-state index is 12.9. The van der Waals surface area contributed by atoms with Crippen molar-refractivity contribution >= 4 is 17.2 Å². The van der Waals surface area contributed by atoms with E-state index in [0.29, 0.717) is 17.3 Å². The molecule has 2 heterocycles. The van der Waals surface area contributed by atoms with Crippen molar-refractivity contribution in [2.75, 3.05) is 6.54 Å². The van der Waals surface area contributed by atoms with Crippen LogP contribution in [0.4, 0.5) is 13.2 Å². The van der Waals surface area contributed by atoms with Crippen LogP contribution in [0.2, 0.25) is 0 Å². The number of benzene rings is 1. The number of nitrogens with one attached hydrogen (secondary N) is 1. The lowest BCUT2D eigenvalue weighted by Gasteiger charge is -2.26. The SMILES string of the molecule is CC(C)(CNC(=O)CCc1nc(-c2ccsc2)no1)c1cccc(C(F)(F)F)c1. The molecule has 0 aliphatic rings. The Kier molecular flexibility index (Phi) is 6.07. The molecule has 2 aromatic heterocycles. The first kappa shape index (κ1) is 21.0. The van der Waals surface area contributed by atoms with Gasteiger partial charge in [-0.25, -0.2) is 0 Å². The number of hydrogen-bond acceptors (Lipinski definition) is 5. The fraction of sp³-hybridized carbons (Fsp3) is 0.350. The average Bonchev–Trinajstić information content (AvgIpc) is 3.35. The van der Waals surface area contributed by atoms with Gasteiger partial charge in [0.15, 0.2) is 0 Å². The molecule has 0 atom stereocenters. The molecule has 1 aromatic carbocycles. The number of alkyl halides is 3. The van der Waals surface area contributed by atoms with E-state index in [0.717, 1.165) is 17.7 Å². The van der Waals surface area contributed by atoms with Gasteiger partial charge < -0.3 is 9.84 Å². The quantitative estimate of drug-likeness (QED) is 0.590. The fourth-order valence-corrected chi connectivity index (χ4v) is 3.35. The van der Waals surface area contributed by atoms with Gasteiger partial charge >= 0.3 is 6.18 Å². The van der Waals surface area contributed by atoms with Crippen LogP contribution >= 0.6 is 11.3 Å². The third-order valence-corrected chi connectivity index (χ3v) is 5.20. The zero-order valence-corrected chi connectivity index (χ0v) is 16.7. The maximum Gasteiger partial charge on any atom is 0.416 e. The second kappa shape index (κ2) is 8.36. The van der Waals surface area contributed by atoms with Crippen molar-refractivity contribution in [2.24, 2.45) is 0 Å². The van der Waals surface area contributed by atoms with Gasteiger partial charge in [-0.3, -0.25) is 4.79 Å². The summed E-state index contributed by atoms with van der Waals surface area (Å²) in [6, 6.07) is 7.04. The van der Waals surface area contributed by atoms with Gasteiger partial charge in [0.05, 0.1) is 5.56 Å². The van der Waals surface area contributed by atoms with Crippen molar-refractivity contribution < 1.29 is 22.5 Å². The molecule has 154 valence electrons. The van der Waals surface area contributed by atoms with Crippen LogP contribution in [0.5, 0.6) is 0 Å². The Hall–Kier alpha value is -2.68. The Morgan fingerprint density at radius 1 is 1.21 bits per heavy atom. The lowest BCUT2D eigenvalue weighted by molar-refractivity contribution is -0.137. The summed E-state index contributed by atoms with van der Waals surface area (Å²) < 4.78 is 44.0. The normalized spacial score (nSPS) is 12.2. The van der Waals surface area contributed by atoms with Crippen LogP contribution < -0.4 is 5.32 Å². The smallest absolute Gasteiger partial charge is 0.355 e. The molecule has 0 fully saturated rings. The highest BCUT2D eigenvalue weighted by molar-refractivity contribution is 7.08. The van der Waals surface area contributed by atoms with Crippen LogP contribution in [-0.4, -0.2) is 22.6 Å². The molecular weight excluding hydrogens is 403 g/mol. The molecule has 1 N–H and O–H groups in total. The first-order valence-electron chi connectivity index (χ1n) is 8.95. The van der Waals surface area contributed by atoms with E-state index in [-0.39, 0.29) is 25.3 Å². The van der Waals surface area contributed by atoms with E-state index in [1.807, 2.05) is 16.8 Å². The molecule has 0 saturated heterocycles. The fourth-order valence-electron chi connectivity index (χ4n) is 2.71. The number of carbonyl (C=O) groups is 1. The van der Waals surface area contributed by atoms with E-state index < -0.39 is 17.2 Å². The monoisotopic (exact) mass is 423 g/mol. The van der Waals surface area contributed by atoms with Crippen molar-refractivity contribution in [3.05, 3.63) is 58.1 Å². The van der Waals surface area contributed by atoms with E-state index in [9.17, 15) is 18.0 Å². The van der Waals surface area contributed by atoms with E-state index >= 15 is 0 Å². The summed E-state index contributed by atoms with van der Waals surface area (Å²) in [6.45, 7) is 3.78. The average molecular weight is 423 g/mol. The minimum atomic E-state index is -4.40. The zero-order valence-electron chi connectivity index (χ0n) is 15.9. The number of nitrogens with zero attached hydrogens (tertiary/aromatic N) is 2. The van der Waals surface area contributed by atoms with Crippen LogP contribution in [-0.2, 0) is 22.8 Å². The Morgan fingerprint density at radius 3 is 2.66 bits per heavy atom. The first-order chi connectivity index (χ1) is 13.6. The largest absolute Gasteiger partial charge is 0.416 e. The number of carbonyl (C=O) groups excluding carboxylic acids is 1. The summed E-state index contributed by atoms with van der Waals surface area (Å²) in [7, 11) is 0. The molecule has 9 heteroatoms. The number of amides is 1. The van der Waals surface area contributed by atoms with E-state index in [1.165, 1.54) is 17.4 Å². The number of aromatic nitrogens is 2. The Morgan fingerprint density at radius 2 is 1.97 bits per heavy atom. The van der Waals surface area contributed by atoms with Gasteiger partial charge in [0.2, 0.25) is 17.6 Å². The van der Waals surface area contributed by atoms with Crippen molar-refractivity contribution in [3.8, 4) is 11.4 Å². The van der Waals surface area contributed by atoms with Gasteiger partial charge in [-0.15, -0.1) is 0 Å². The zero-order chi connectivity index (χ0) is 21.1. The van der Waals surface area contributed by atoms with Gasteiger partial charge in [-0.2, -0.15) is 29.5 Å². The molecule has 0 aliphatic heterocycles. The lowest BCUT2D eigenvalue weighted by atomic mass is 9.83. The van der Waals surface area contributed by atoms with Crippen molar-refractivity contribution in [3.63, 3.8) is 0 Å². The topological polar surface area (TPSA) is 68.0 Å². The number of halogens is 3. The van der Waals surface area contributed by atoms with Crippen molar-refractivity contribution in [1.29, 1.82) is 0 Å². The second-order valence-corrected chi connectivity index (χ2v) is 8.04. The van der Waals surface area contributed by atoms with Gasteiger partial charge in [0.1, 0.15) is 0 Å². The molecular formula is C20H20F3N3O2S. The maximum atomic E-state index is 12.9. The minimum absolute atomic E-state index is 0.143. The molecule has 29 heavy (non-hydrogen) atoms. The number of hydrogen-bond donors (Lipinski definition) is 1. The minimum Gasteiger partial charge on any atom is -0.355 e. The lowest BCUT2D eigenvalue weighted by Crippen LogP contribution is -2.37. The Bertz CT molecular complexity index is 966. The molecule has 0 spiro atoms. The van der Waals surface area contributed by atoms with Crippen LogP contribution in [0.3, 0.4) is 0 Å². The highest BCUT2D eigenvalue weighted by atomic mass is 32.1. The van der Waals surface area contributed by atoms with E-state index in [4.69, 9.17) is 4.52 Å². The molecule has 0 aliphatic carbocycles. The summed E-state index contributed by atoms with van der Waals surface area (Å²) in [5, 5.41) is 10.5. The highest BCUT2D eigenvalue weighted by Gasteiger charge is 2.32. The van der Waals surface area contributed by atoms with Crippen LogP contribution in [0, 0.1) is 0 Å². The predicted octanol–water partition coefficient (Wildman–Crippen LogP) is 4.84. The summed E-state index contributed by atoms with van der Waals surface area (Å²) in [4.78, 5) is 16.4. The molecule has 5 nitrogen and oxygen atoms in total. The molecule has 0 radical (unpaired) electrons. The van der Waals surface area contributed by atoms with Crippen LogP contribution in [0.15, 0.2) is 45.6 Å². The molecule has 0 bridgehead atoms. The Balaban J connectivity index is 1.53. The third-order valence-electron chi connectivity index (χ3n) is 4.51. The number of thiophene rings is 1. The second-order valence-electron chi connectivity index (χ2n) is 7.26. The summed E-state index contributed by atoms with van der Waals surface area (Å²) in [5.41, 5.74) is 0.00232. The molecule has 3 rings (SSSR count). The molecule has 3 aromatic rings. The number of rotatable bonds is 7. The molecule has 0 saturated carbocycles. The summed E-state index contributed by atoms with van der Waals surface area (Å²) >= 11 is 1.52. The number of aryl methyl sites for hydroxylation is 1. The Labute approximate surface area is 169 Å². The van der Waals surface area contributed by atoms with Crippen molar-refractivity contribution in [2.45, 2.75) is 38.3 Å². The predicted molar refractivity (Wildman–Crippen MR) is 103 cm³/mol. The molecule has 1 amide bonds. The van der Waals surface area contributed by atoms with E-state index in [1.54, 1.807) is 19.9 Å². The summed E-state index contributed by atoms with van der Waals surface area (Å²) in [6.07, 6.45) is -3.97. The highest BCUT2D eigenvalue weighted by Crippen LogP contribution is 2.32. The van der Waals surface area contributed by atoms with Crippen LogP contribution in [0.25, 0.3) is 11.4 Å². The first-order valence-corrected chi connectivity index (χ1v) is 9.89. The van der Waals surface area contributed by atoms with E-state index in [2.05, 4.69) is 15.5 Å². The van der Waals surface area contributed by atoms with Crippen molar-refractivity contribution in [1.82, 2.24) is 15.5 Å². The van der Waals surface area contributed by atoms with Gasteiger partial charge in [0.25, 0.3) is 0 Å². The van der Waals surface area contributed by atoms with Gasteiger partial charge in [0, 0.05) is 35.7 Å². The summed E-state index contributed by atoms with van der Waals surface area (Å²) in [5.74, 6) is 0.603. The molecule has 0 unspecified atom stereocenters.